The van der Waals surface area contributed by atoms with Gasteiger partial charge in [-0.2, -0.15) is 0 Å². The second-order valence-corrected chi connectivity index (χ2v) is 11.3. The Morgan fingerprint density at radius 3 is 1.28 bits per heavy atom. The largest absolute Gasteiger partial charge is 0.444 e. The van der Waals surface area contributed by atoms with E-state index in [1.807, 2.05) is 41.5 Å². The number of amides is 2. The average Bonchev–Trinajstić information content (AvgIpc) is 2.65. The van der Waals surface area contributed by atoms with Crippen LogP contribution in [0.5, 0.6) is 0 Å². The molecular weight excluding hydrogens is 412 g/mol. The number of piperidine rings is 2. The Bertz CT molecular complexity index is 546. The van der Waals surface area contributed by atoms with E-state index in [4.69, 9.17) is 19.7 Å². The zero-order valence-corrected chi connectivity index (χ0v) is 21.4. The van der Waals surface area contributed by atoms with Crippen LogP contribution >= 0.6 is 0 Å². The Balaban J connectivity index is 0.000000320. The maximum absolute atomic E-state index is 11.8. The van der Waals surface area contributed by atoms with Gasteiger partial charge in [0, 0.05) is 39.4 Å². The molecule has 0 saturated carbocycles. The normalized spacial score (nSPS) is 26.7. The Kier molecular flexibility index (Phi) is 10.7. The zero-order chi connectivity index (χ0) is 24.7. The molecule has 0 aromatic rings. The molecule has 2 N–H and O–H groups in total. The molecule has 32 heavy (non-hydrogen) atoms. The lowest BCUT2D eigenvalue weighted by molar-refractivity contribution is 0.00626. The summed E-state index contributed by atoms with van der Waals surface area (Å²) in [5, 5.41) is 18.3. The van der Waals surface area contributed by atoms with Gasteiger partial charge in [-0.1, -0.05) is 13.8 Å². The Morgan fingerprint density at radius 2 is 1.06 bits per heavy atom. The zero-order valence-electron chi connectivity index (χ0n) is 21.4. The predicted octanol–water partition coefficient (Wildman–Crippen LogP) is 3.74. The molecule has 2 saturated heterocycles. The Morgan fingerprint density at radius 1 is 0.750 bits per heavy atom. The number of likely N-dealkylation sites (tertiary alicyclic amines) is 2. The second-order valence-electron chi connectivity index (χ2n) is 11.3. The summed E-state index contributed by atoms with van der Waals surface area (Å²) in [6, 6.07) is 0. The molecule has 2 aliphatic rings. The van der Waals surface area contributed by atoms with Crippen molar-refractivity contribution in [1.82, 2.24) is 9.80 Å². The van der Waals surface area contributed by atoms with Gasteiger partial charge < -0.3 is 29.5 Å². The van der Waals surface area contributed by atoms with E-state index in [1.54, 1.807) is 9.80 Å². The summed E-state index contributed by atoms with van der Waals surface area (Å²) in [5.74, 6) is 1.31. The first-order chi connectivity index (χ1) is 14.7. The van der Waals surface area contributed by atoms with Crippen LogP contribution in [0.15, 0.2) is 0 Å². The van der Waals surface area contributed by atoms with Crippen LogP contribution < -0.4 is 0 Å². The van der Waals surface area contributed by atoms with Crippen LogP contribution in [-0.2, 0) is 9.47 Å². The van der Waals surface area contributed by atoms with Gasteiger partial charge in [0.2, 0.25) is 0 Å². The fraction of sp³-hybridized carbons (Fsp3) is 0.917. The van der Waals surface area contributed by atoms with E-state index < -0.39 is 11.2 Å². The first kappa shape index (κ1) is 28.5. The third-order valence-electron chi connectivity index (χ3n) is 5.94. The number of rotatable bonds is 2. The first-order valence-corrected chi connectivity index (χ1v) is 11.8. The van der Waals surface area contributed by atoms with Crippen LogP contribution in [0.3, 0.4) is 0 Å². The minimum Gasteiger partial charge on any atom is -0.444 e. The lowest BCUT2D eigenvalue weighted by atomic mass is 9.88. The van der Waals surface area contributed by atoms with E-state index in [9.17, 15) is 9.59 Å². The molecule has 2 amide bonds. The fourth-order valence-electron chi connectivity index (χ4n) is 3.92. The summed E-state index contributed by atoms with van der Waals surface area (Å²) in [7, 11) is 0. The molecule has 0 bridgehead atoms. The average molecular weight is 459 g/mol. The van der Waals surface area contributed by atoms with Crippen molar-refractivity contribution >= 4 is 12.2 Å². The smallest absolute Gasteiger partial charge is 0.410 e. The third kappa shape index (κ3) is 9.94. The molecule has 2 aliphatic heterocycles. The standard InChI is InChI=1S/2C12H23NO3/c2*1-9-7-13(6-5-10(9)8-14)11(15)16-12(2,3)4/h2*9-10,14H,5-8H2,1-4H3/t2*9-,10-/m10/s1. The summed E-state index contributed by atoms with van der Waals surface area (Å²) in [4.78, 5) is 27.1. The van der Waals surface area contributed by atoms with Crippen molar-refractivity contribution in [1.29, 1.82) is 0 Å². The first-order valence-electron chi connectivity index (χ1n) is 11.8. The maximum atomic E-state index is 11.8. The van der Waals surface area contributed by atoms with Crippen molar-refractivity contribution in [2.45, 2.75) is 79.4 Å². The summed E-state index contributed by atoms with van der Waals surface area (Å²) >= 11 is 0. The van der Waals surface area contributed by atoms with Gasteiger partial charge in [-0.15, -0.1) is 0 Å². The van der Waals surface area contributed by atoms with E-state index in [1.165, 1.54) is 0 Å². The van der Waals surface area contributed by atoms with Gasteiger partial charge in [0.15, 0.2) is 0 Å². The van der Waals surface area contributed by atoms with Gasteiger partial charge in [-0.05, 0) is 78.1 Å². The number of aliphatic hydroxyl groups is 2. The molecule has 8 heteroatoms. The molecule has 0 spiro atoms. The van der Waals surface area contributed by atoms with Gasteiger partial charge in [0.25, 0.3) is 0 Å². The highest BCUT2D eigenvalue weighted by Gasteiger charge is 2.31. The minimum atomic E-state index is -0.436. The van der Waals surface area contributed by atoms with Crippen LogP contribution in [0, 0.1) is 23.7 Å². The molecule has 0 aromatic carbocycles. The number of aliphatic hydroxyl groups excluding tert-OH is 2. The molecular formula is C24H46N2O6. The molecule has 0 radical (unpaired) electrons. The van der Waals surface area contributed by atoms with Crippen LogP contribution in [0.2, 0.25) is 0 Å². The quantitative estimate of drug-likeness (QED) is 0.654. The lowest BCUT2D eigenvalue weighted by Gasteiger charge is -2.36. The van der Waals surface area contributed by atoms with Crippen LogP contribution in [0.25, 0.3) is 0 Å². The third-order valence-corrected chi connectivity index (χ3v) is 5.94. The minimum absolute atomic E-state index is 0.212. The maximum Gasteiger partial charge on any atom is 0.410 e. The van der Waals surface area contributed by atoms with Crippen molar-refractivity contribution < 1.29 is 29.3 Å². The van der Waals surface area contributed by atoms with Gasteiger partial charge in [-0.25, -0.2) is 9.59 Å². The fourth-order valence-corrected chi connectivity index (χ4v) is 3.92. The van der Waals surface area contributed by atoms with Crippen molar-refractivity contribution in [3.8, 4) is 0 Å². The van der Waals surface area contributed by atoms with Crippen LogP contribution in [0.1, 0.15) is 68.2 Å². The molecule has 2 rings (SSSR count). The number of ether oxygens (including phenoxy) is 2. The Labute approximate surface area is 194 Å². The molecule has 4 atom stereocenters. The highest BCUT2D eigenvalue weighted by atomic mass is 16.6. The van der Waals surface area contributed by atoms with Crippen molar-refractivity contribution in [3.63, 3.8) is 0 Å². The van der Waals surface area contributed by atoms with Gasteiger partial charge in [0.05, 0.1) is 0 Å². The summed E-state index contributed by atoms with van der Waals surface area (Å²) < 4.78 is 10.6. The molecule has 0 unspecified atom stereocenters. The number of hydrogen-bond acceptors (Lipinski definition) is 6. The number of carbonyl (C=O) groups is 2. The topological polar surface area (TPSA) is 99.5 Å². The summed E-state index contributed by atoms with van der Waals surface area (Å²) in [5.41, 5.74) is -0.873. The van der Waals surface area contributed by atoms with Crippen LogP contribution in [-0.4, -0.2) is 82.8 Å². The second kappa shape index (κ2) is 12.1. The van der Waals surface area contributed by atoms with E-state index in [0.717, 1.165) is 12.8 Å². The van der Waals surface area contributed by atoms with E-state index >= 15 is 0 Å². The van der Waals surface area contributed by atoms with Gasteiger partial charge in [0.1, 0.15) is 11.2 Å². The van der Waals surface area contributed by atoms with Gasteiger partial charge >= 0.3 is 12.2 Å². The van der Waals surface area contributed by atoms with Crippen molar-refractivity contribution in [3.05, 3.63) is 0 Å². The Hall–Kier alpha value is -1.54. The molecule has 8 nitrogen and oxygen atoms in total. The van der Waals surface area contributed by atoms with Gasteiger partial charge in [-0.3, -0.25) is 0 Å². The SMILES string of the molecule is C[C@@H]1CN(C(=O)OC(C)(C)C)CC[C@@H]1CO.C[C@H]1CN(C(=O)OC(C)(C)C)CC[C@H]1CO. The number of nitrogens with zero attached hydrogens (tertiary/aromatic N) is 2. The van der Waals surface area contributed by atoms with Crippen LogP contribution in [0.4, 0.5) is 9.59 Å². The summed E-state index contributed by atoms with van der Waals surface area (Å²) in [6.07, 6.45) is 1.24. The summed E-state index contributed by atoms with van der Waals surface area (Å²) in [6.45, 7) is 18.5. The lowest BCUT2D eigenvalue weighted by Crippen LogP contribution is -2.45. The van der Waals surface area contributed by atoms with Crippen molar-refractivity contribution in [2.75, 3.05) is 39.4 Å². The highest BCUT2D eigenvalue weighted by Crippen LogP contribution is 2.25. The van der Waals surface area contributed by atoms with Crippen molar-refractivity contribution in [2.24, 2.45) is 23.7 Å². The van der Waals surface area contributed by atoms with E-state index in [0.29, 0.717) is 49.9 Å². The molecule has 188 valence electrons. The molecule has 2 heterocycles. The predicted molar refractivity (Wildman–Crippen MR) is 124 cm³/mol. The number of hydrogen-bond donors (Lipinski definition) is 2. The molecule has 0 aliphatic carbocycles. The van der Waals surface area contributed by atoms with E-state index in [-0.39, 0.29) is 25.4 Å². The van der Waals surface area contributed by atoms with E-state index in [2.05, 4.69) is 13.8 Å². The molecule has 2 fully saturated rings. The number of carbonyl (C=O) groups excluding carboxylic acids is 2. The highest BCUT2D eigenvalue weighted by molar-refractivity contribution is 5.68. The molecule has 0 aromatic heterocycles. The monoisotopic (exact) mass is 458 g/mol.